The molecule has 2 N–H and O–H groups in total. The Bertz CT molecular complexity index is 1300. The molecule has 1 aromatic heterocycles. The Morgan fingerprint density at radius 2 is 2.04 bits per heavy atom. The molecule has 1 aromatic rings. The standard InChI is InChI=1S/C25H41FN5O11PS2/c1-5-25(23(34)39-6-2,14-38-16-45-44-11-9-7-8-10-28-30-27)15-40-43(36,37-4)42-20-18(13-32)41-22(19(20)26)31-12-17(3)21(33)29-24(31)35/h12,18-20,22,32H,5-11,13-16H2,1-4H3,(H,29,33,35)/t18-,19+,20?,22-,25?,43?/m1/s1. The first-order valence-corrected chi connectivity index (χ1v) is 18.2. The zero-order chi connectivity index (χ0) is 33.5. The second kappa shape index (κ2) is 19.7. The third kappa shape index (κ3) is 11.4. The summed E-state index contributed by atoms with van der Waals surface area (Å²) in [6.45, 7) is 3.80. The topological polar surface area (TPSA) is 213 Å². The van der Waals surface area contributed by atoms with Gasteiger partial charge in [0, 0.05) is 36.1 Å². The summed E-state index contributed by atoms with van der Waals surface area (Å²) in [5.74, 6) is 0.418. The number of unbranched alkanes of at least 4 members (excludes halogenated alkanes) is 2. The molecule has 1 saturated heterocycles. The van der Waals surface area contributed by atoms with Crippen LogP contribution in [0, 0.1) is 12.3 Å². The lowest BCUT2D eigenvalue weighted by Gasteiger charge is -2.31. The van der Waals surface area contributed by atoms with Crippen molar-refractivity contribution < 1.29 is 46.6 Å². The van der Waals surface area contributed by atoms with Crippen LogP contribution in [0.1, 0.15) is 51.3 Å². The third-order valence-corrected chi connectivity index (χ3v) is 10.4. The number of nitrogens with zero attached hydrogens (tertiary/aromatic N) is 4. The van der Waals surface area contributed by atoms with Gasteiger partial charge in [-0.2, -0.15) is 0 Å². The number of carbonyl (C=O) groups is 1. The number of nitrogens with one attached hydrogen (secondary N) is 1. The quantitative estimate of drug-likeness (QED) is 0.0256. The molecule has 0 bridgehead atoms. The van der Waals surface area contributed by atoms with Crippen molar-refractivity contribution in [1.82, 2.24) is 9.55 Å². The van der Waals surface area contributed by atoms with Gasteiger partial charge in [0.15, 0.2) is 12.4 Å². The van der Waals surface area contributed by atoms with Crippen LogP contribution in [0.25, 0.3) is 10.4 Å². The number of aryl methyl sites for hydroxylation is 1. The summed E-state index contributed by atoms with van der Waals surface area (Å²) >= 11 is 0. The van der Waals surface area contributed by atoms with E-state index < -0.39 is 68.3 Å². The minimum absolute atomic E-state index is 0.0649. The van der Waals surface area contributed by atoms with E-state index in [-0.39, 0.29) is 31.1 Å². The van der Waals surface area contributed by atoms with Crippen LogP contribution < -0.4 is 11.2 Å². The lowest BCUT2D eigenvalue weighted by atomic mass is 9.87. The maximum absolute atomic E-state index is 15.6. The Morgan fingerprint density at radius 1 is 1.29 bits per heavy atom. The molecular weight excluding hydrogens is 660 g/mol. The summed E-state index contributed by atoms with van der Waals surface area (Å²) in [6, 6.07) is 0. The number of phosphoric ester groups is 1. The Labute approximate surface area is 267 Å². The molecule has 2 rings (SSSR count). The van der Waals surface area contributed by atoms with E-state index in [1.807, 2.05) is 4.98 Å². The molecule has 0 aliphatic carbocycles. The number of hydrogen-bond donors (Lipinski definition) is 2. The van der Waals surface area contributed by atoms with Crippen LogP contribution in [0.3, 0.4) is 0 Å². The van der Waals surface area contributed by atoms with E-state index in [2.05, 4.69) is 10.0 Å². The molecule has 2 heterocycles. The highest BCUT2D eigenvalue weighted by atomic mass is 33.1. The van der Waals surface area contributed by atoms with E-state index in [4.69, 9.17) is 33.3 Å². The summed E-state index contributed by atoms with van der Waals surface area (Å²) in [6.07, 6.45) is -2.95. The van der Waals surface area contributed by atoms with Gasteiger partial charge in [0.1, 0.15) is 23.6 Å². The molecule has 0 spiro atoms. The number of aliphatic hydroxyl groups is 1. The maximum Gasteiger partial charge on any atom is 0.475 e. The van der Waals surface area contributed by atoms with Gasteiger partial charge >= 0.3 is 19.5 Å². The number of ether oxygens (including phenoxy) is 3. The van der Waals surface area contributed by atoms with Crippen LogP contribution in [-0.4, -0.2) is 90.8 Å². The molecule has 256 valence electrons. The van der Waals surface area contributed by atoms with E-state index in [1.54, 1.807) is 24.6 Å². The lowest BCUT2D eigenvalue weighted by Crippen LogP contribution is -2.41. The van der Waals surface area contributed by atoms with Crippen molar-refractivity contribution in [2.45, 2.75) is 71.1 Å². The highest BCUT2D eigenvalue weighted by Gasteiger charge is 2.51. The summed E-state index contributed by atoms with van der Waals surface area (Å²) in [7, 11) is -0.563. The minimum atomic E-state index is -4.60. The van der Waals surface area contributed by atoms with E-state index in [9.17, 15) is 24.1 Å². The highest BCUT2D eigenvalue weighted by Crippen LogP contribution is 2.54. The predicted octanol–water partition coefficient (Wildman–Crippen LogP) is 4.02. The van der Waals surface area contributed by atoms with Crippen molar-refractivity contribution >= 4 is 35.4 Å². The zero-order valence-electron chi connectivity index (χ0n) is 25.6. The summed E-state index contributed by atoms with van der Waals surface area (Å²) in [5, 5.41) is 13.3. The summed E-state index contributed by atoms with van der Waals surface area (Å²) in [4.78, 5) is 41.9. The van der Waals surface area contributed by atoms with Crippen molar-refractivity contribution in [2.75, 3.05) is 51.8 Å². The number of halogens is 1. The smallest absolute Gasteiger partial charge is 0.465 e. The number of carbonyl (C=O) groups excluding carboxylic acids is 1. The number of hydrogen-bond acceptors (Lipinski definition) is 14. The summed E-state index contributed by atoms with van der Waals surface area (Å²) < 4.78 is 62.4. The van der Waals surface area contributed by atoms with Gasteiger partial charge in [-0.25, -0.2) is 13.8 Å². The molecule has 0 aromatic carbocycles. The van der Waals surface area contributed by atoms with Gasteiger partial charge in [0.05, 0.1) is 26.4 Å². The number of aromatic nitrogens is 2. The fourth-order valence-corrected chi connectivity index (χ4v) is 7.15. The van der Waals surface area contributed by atoms with Crippen molar-refractivity contribution in [1.29, 1.82) is 0 Å². The van der Waals surface area contributed by atoms with Crippen LogP contribution in [-0.2, 0) is 37.1 Å². The molecule has 20 heteroatoms. The van der Waals surface area contributed by atoms with Gasteiger partial charge in [0.25, 0.3) is 5.56 Å². The number of phosphoric acid groups is 1. The average Bonchev–Trinajstić information content (AvgIpc) is 3.33. The SMILES string of the molecule is CCOC(=O)C(CC)(COCSSCCCCCN=[N+]=[N-])COP(=O)(OC)OC1[C@@H](CO)O[C@@H](n2cc(C)c(=O)[nH]c2=O)[C@H]1F. The average molecular weight is 702 g/mol. The number of rotatable bonds is 22. The molecule has 1 fully saturated rings. The van der Waals surface area contributed by atoms with Crippen LogP contribution in [0.15, 0.2) is 20.9 Å². The maximum atomic E-state index is 15.6. The van der Waals surface area contributed by atoms with E-state index >= 15 is 4.39 Å². The van der Waals surface area contributed by atoms with E-state index in [1.165, 1.54) is 17.7 Å². The third-order valence-electron chi connectivity index (χ3n) is 6.87. The molecule has 3 unspecified atom stereocenters. The second-order valence-electron chi connectivity index (χ2n) is 9.92. The van der Waals surface area contributed by atoms with Crippen molar-refractivity contribution in [3.8, 4) is 0 Å². The molecule has 45 heavy (non-hydrogen) atoms. The first kappa shape index (κ1) is 39.3. The molecule has 0 saturated carbocycles. The molecule has 0 amide bonds. The molecule has 0 radical (unpaired) electrons. The minimum Gasteiger partial charge on any atom is -0.465 e. The van der Waals surface area contributed by atoms with Gasteiger partial charge in [0.2, 0.25) is 0 Å². The number of esters is 1. The number of H-pyrrole nitrogens is 1. The first-order chi connectivity index (χ1) is 21.5. The molecule has 1 aliphatic heterocycles. The van der Waals surface area contributed by atoms with Gasteiger partial charge in [-0.1, -0.05) is 40.0 Å². The summed E-state index contributed by atoms with van der Waals surface area (Å²) in [5.41, 5.74) is 5.37. The lowest BCUT2D eigenvalue weighted by molar-refractivity contribution is -0.162. The van der Waals surface area contributed by atoms with Crippen LogP contribution >= 0.6 is 29.4 Å². The van der Waals surface area contributed by atoms with Crippen LogP contribution in [0.4, 0.5) is 4.39 Å². The van der Waals surface area contributed by atoms with E-state index in [0.29, 0.717) is 6.54 Å². The second-order valence-corrected chi connectivity index (χ2v) is 14.2. The molecular formula is C25H41FN5O11PS2. The van der Waals surface area contributed by atoms with Gasteiger partial charge in [-0.05, 0) is 38.6 Å². The Morgan fingerprint density at radius 3 is 2.69 bits per heavy atom. The first-order valence-electron chi connectivity index (χ1n) is 14.2. The van der Waals surface area contributed by atoms with Gasteiger partial charge in [-0.3, -0.25) is 32.7 Å². The fraction of sp³-hybridized carbons (Fsp3) is 0.800. The normalized spacial score (nSPS) is 22.4. The number of aliphatic hydroxyl groups excluding tert-OH is 1. The Hall–Kier alpha value is -1.92. The molecule has 1 aliphatic rings. The van der Waals surface area contributed by atoms with E-state index in [0.717, 1.165) is 42.9 Å². The predicted molar refractivity (Wildman–Crippen MR) is 165 cm³/mol. The molecule has 6 atom stereocenters. The Kier molecular flexibility index (Phi) is 17.2. The van der Waals surface area contributed by atoms with Crippen molar-refractivity contribution in [3.05, 3.63) is 43.0 Å². The number of alkyl halides is 1. The zero-order valence-corrected chi connectivity index (χ0v) is 28.2. The van der Waals surface area contributed by atoms with Crippen molar-refractivity contribution in [3.63, 3.8) is 0 Å². The fourth-order valence-electron chi connectivity index (χ4n) is 4.17. The van der Waals surface area contributed by atoms with Crippen LogP contribution in [0.2, 0.25) is 0 Å². The number of azide groups is 1. The van der Waals surface area contributed by atoms with Crippen molar-refractivity contribution in [2.24, 2.45) is 10.5 Å². The van der Waals surface area contributed by atoms with Gasteiger partial charge < -0.3 is 19.3 Å². The monoisotopic (exact) mass is 701 g/mol. The largest absolute Gasteiger partial charge is 0.475 e. The molecule has 16 nitrogen and oxygen atoms in total. The Balaban J connectivity index is 2.06. The van der Waals surface area contributed by atoms with Gasteiger partial charge in [-0.15, -0.1) is 0 Å². The van der Waals surface area contributed by atoms with Crippen LogP contribution in [0.5, 0.6) is 0 Å². The number of aromatic amines is 1. The highest BCUT2D eigenvalue weighted by molar-refractivity contribution is 8.76.